The number of anilines is 1. The number of ether oxygens (including phenoxy) is 1. The van der Waals surface area contributed by atoms with Crippen LogP contribution in [0.25, 0.3) is 0 Å². The van der Waals surface area contributed by atoms with E-state index < -0.39 is 10.0 Å². The molecule has 138 valence electrons. The van der Waals surface area contributed by atoms with Crippen molar-refractivity contribution in [2.75, 3.05) is 11.3 Å². The van der Waals surface area contributed by atoms with Crippen LogP contribution in [0.15, 0.2) is 24.3 Å². The van der Waals surface area contributed by atoms with Crippen LogP contribution < -0.4 is 10.0 Å². The van der Waals surface area contributed by atoms with Crippen LogP contribution in [0.2, 0.25) is 0 Å². The average molecular weight is 366 g/mol. The lowest BCUT2D eigenvalue weighted by Crippen LogP contribution is -2.46. The second-order valence-corrected chi connectivity index (χ2v) is 8.71. The highest BCUT2D eigenvalue weighted by Crippen LogP contribution is 2.30. The first kappa shape index (κ1) is 18.2. The average Bonchev–Trinajstić information content (AvgIpc) is 3.42. The predicted octanol–water partition coefficient (Wildman–Crippen LogP) is 2.67. The van der Waals surface area contributed by atoms with Gasteiger partial charge in [0.25, 0.3) is 5.91 Å². The zero-order valence-electron chi connectivity index (χ0n) is 14.5. The molecule has 0 spiro atoms. The molecule has 0 radical (unpaired) electrons. The van der Waals surface area contributed by atoms with Crippen molar-refractivity contribution in [1.82, 2.24) is 5.32 Å². The minimum absolute atomic E-state index is 0.0259. The zero-order chi connectivity index (χ0) is 17.9. The van der Waals surface area contributed by atoms with Crippen molar-refractivity contribution in [3.05, 3.63) is 29.8 Å². The number of amides is 1. The second-order valence-electron chi connectivity index (χ2n) is 6.75. The van der Waals surface area contributed by atoms with Crippen molar-refractivity contribution >= 4 is 21.6 Å². The summed E-state index contributed by atoms with van der Waals surface area (Å²) in [6.07, 6.45) is 5.38. The van der Waals surface area contributed by atoms with Gasteiger partial charge in [0, 0.05) is 6.61 Å². The topological polar surface area (TPSA) is 84.5 Å². The maximum absolute atomic E-state index is 12.8. The van der Waals surface area contributed by atoms with Gasteiger partial charge in [-0.15, -0.1) is 0 Å². The molecule has 2 unspecified atom stereocenters. The van der Waals surface area contributed by atoms with Crippen LogP contribution in [0.3, 0.4) is 0 Å². The third kappa shape index (κ3) is 4.52. The van der Waals surface area contributed by atoms with Gasteiger partial charge >= 0.3 is 0 Å². The van der Waals surface area contributed by atoms with Crippen molar-refractivity contribution in [2.45, 2.75) is 62.8 Å². The maximum atomic E-state index is 12.8. The summed E-state index contributed by atoms with van der Waals surface area (Å²) in [7, 11) is -3.40. The third-order valence-electron chi connectivity index (χ3n) is 4.79. The highest BCUT2D eigenvalue weighted by Gasteiger charge is 2.36. The minimum Gasteiger partial charge on any atom is -0.376 e. The maximum Gasteiger partial charge on any atom is 0.253 e. The molecular weight excluding hydrogens is 340 g/mol. The van der Waals surface area contributed by atoms with Crippen LogP contribution in [-0.2, 0) is 14.8 Å². The number of nitrogens with one attached hydrogen (secondary N) is 2. The molecule has 2 aliphatic carbocycles. The fourth-order valence-electron chi connectivity index (χ4n) is 3.31. The van der Waals surface area contributed by atoms with Gasteiger partial charge in [-0.1, -0.05) is 25.0 Å². The van der Waals surface area contributed by atoms with E-state index in [0.717, 1.165) is 25.7 Å². The Bertz CT molecular complexity index is 714. The smallest absolute Gasteiger partial charge is 0.253 e. The summed E-state index contributed by atoms with van der Waals surface area (Å²) in [5.41, 5.74) is 0.697. The van der Waals surface area contributed by atoms with Crippen molar-refractivity contribution in [1.29, 1.82) is 0 Å². The SMILES string of the molecule is CCOC1CCCCC1NC(=O)c1ccccc1NS(=O)(=O)C1CC1. The van der Waals surface area contributed by atoms with Gasteiger partial charge in [0.2, 0.25) is 10.0 Å². The lowest BCUT2D eigenvalue weighted by molar-refractivity contribution is 0.0124. The number of carbonyl (C=O) groups excluding carboxylic acids is 1. The molecule has 1 aromatic rings. The molecule has 1 aromatic carbocycles. The summed E-state index contributed by atoms with van der Waals surface area (Å²) in [4.78, 5) is 12.8. The summed E-state index contributed by atoms with van der Waals surface area (Å²) in [5, 5.41) is 2.71. The Kier molecular flexibility index (Phi) is 5.64. The minimum atomic E-state index is -3.40. The van der Waals surface area contributed by atoms with Crippen molar-refractivity contribution in [3.8, 4) is 0 Å². The lowest BCUT2D eigenvalue weighted by atomic mass is 9.92. The van der Waals surface area contributed by atoms with Crippen molar-refractivity contribution in [3.63, 3.8) is 0 Å². The summed E-state index contributed by atoms with van der Waals surface area (Å²) >= 11 is 0. The van der Waals surface area contributed by atoms with Gasteiger partial charge < -0.3 is 10.1 Å². The molecule has 2 fully saturated rings. The van der Waals surface area contributed by atoms with E-state index in [1.54, 1.807) is 24.3 Å². The third-order valence-corrected chi connectivity index (χ3v) is 6.64. The van der Waals surface area contributed by atoms with E-state index >= 15 is 0 Å². The Morgan fingerprint density at radius 2 is 1.88 bits per heavy atom. The van der Waals surface area contributed by atoms with Crippen LogP contribution in [0.5, 0.6) is 0 Å². The van der Waals surface area contributed by atoms with Gasteiger partial charge in [0.15, 0.2) is 0 Å². The van der Waals surface area contributed by atoms with Crippen LogP contribution in [0, 0.1) is 0 Å². The number of carbonyl (C=O) groups is 1. The normalized spacial score (nSPS) is 23.9. The standard InChI is InChI=1S/C18H26N2O4S/c1-2-24-17-10-6-5-9-16(17)19-18(21)14-7-3-4-8-15(14)20-25(22,23)13-11-12-13/h3-4,7-8,13,16-17,20H,2,5-6,9-12H2,1H3,(H,19,21). The second kappa shape index (κ2) is 7.74. The molecule has 1 amide bonds. The predicted molar refractivity (Wildman–Crippen MR) is 97.1 cm³/mol. The van der Waals surface area contributed by atoms with Gasteiger partial charge in [0.1, 0.15) is 0 Å². The first-order valence-corrected chi connectivity index (χ1v) is 10.6. The number of sulfonamides is 1. The number of hydrogen-bond acceptors (Lipinski definition) is 4. The Morgan fingerprint density at radius 3 is 2.60 bits per heavy atom. The summed E-state index contributed by atoms with van der Waals surface area (Å²) in [5.74, 6) is -0.259. The highest BCUT2D eigenvalue weighted by atomic mass is 32.2. The first-order valence-electron chi connectivity index (χ1n) is 9.04. The zero-order valence-corrected chi connectivity index (χ0v) is 15.3. The Labute approximate surface area is 149 Å². The van der Waals surface area contributed by atoms with Gasteiger partial charge in [-0.05, 0) is 44.7 Å². The molecule has 2 saturated carbocycles. The molecule has 2 aliphatic rings. The Morgan fingerprint density at radius 1 is 1.16 bits per heavy atom. The molecule has 0 saturated heterocycles. The van der Waals surface area contributed by atoms with Crippen LogP contribution >= 0.6 is 0 Å². The molecule has 7 heteroatoms. The van der Waals surface area contributed by atoms with E-state index in [0.29, 0.717) is 30.7 Å². The van der Waals surface area contributed by atoms with Crippen LogP contribution in [0.4, 0.5) is 5.69 Å². The molecule has 2 atom stereocenters. The van der Waals surface area contributed by atoms with Gasteiger partial charge in [0.05, 0.1) is 28.6 Å². The number of benzene rings is 1. The Hall–Kier alpha value is -1.60. The van der Waals surface area contributed by atoms with E-state index in [9.17, 15) is 13.2 Å². The van der Waals surface area contributed by atoms with E-state index in [2.05, 4.69) is 10.0 Å². The monoisotopic (exact) mass is 366 g/mol. The molecule has 0 aliphatic heterocycles. The summed E-state index contributed by atoms with van der Waals surface area (Å²) in [6.45, 7) is 2.57. The van der Waals surface area contributed by atoms with E-state index in [1.807, 2.05) is 6.92 Å². The molecule has 0 heterocycles. The summed E-state index contributed by atoms with van der Waals surface area (Å²) in [6, 6.07) is 6.72. The number of rotatable bonds is 7. The first-order chi connectivity index (χ1) is 12.0. The fraction of sp³-hybridized carbons (Fsp3) is 0.611. The quantitative estimate of drug-likeness (QED) is 0.777. The Balaban J connectivity index is 1.73. The van der Waals surface area contributed by atoms with Crippen molar-refractivity contribution < 1.29 is 17.9 Å². The molecule has 25 heavy (non-hydrogen) atoms. The summed E-state index contributed by atoms with van der Waals surface area (Å²) < 4.78 is 32.7. The van der Waals surface area contributed by atoms with Crippen molar-refractivity contribution in [2.24, 2.45) is 0 Å². The molecule has 0 aromatic heterocycles. The molecular formula is C18H26N2O4S. The van der Waals surface area contributed by atoms with E-state index in [4.69, 9.17) is 4.74 Å². The van der Waals surface area contributed by atoms with Crippen LogP contribution in [0.1, 0.15) is 55.8 Å². The number of hydrogen-bond donors (Lipinski definition) is 2. The van der Waals surface area contributed by atoms with Gasteiger partial charge in [-0.2, -0.15) is 0 Å². The van der Waals surface area contributed by atoms with E-state index in [-0.39, 0.29) is 23.3 Å². The molecule has 3 rings (SSSR count). The van der Waals surface area contributed by atoms with Crippen LogP contribution in [-0.4, -0.2) is 38.3 Å². The molecule has 2 N–H and O–H groups in total. The number of para-hydroxylation sites is 1. The van der Waals surface area contributed by atoms with E-state index in [1.165, 1.54) is 0 Å². The molecule has 6 nitrogen and oxygen atoms in total. The largest absolute Gasteiger partial charge is 0.376 e. The highest BCUT2D eigenvalue weighted by molar-refractivity contribution is 7.93. The molecule has 0 bridgehead atoms. The fourth-order valence-corrected chi connectivity index (χ4v) is 4.71. The lowest BCUT2D eigenvalue weighted by Gasteiger charge is -2.32. The van der Waals surface area contributed by atoms with Gasteiger partial charge in [-0.3, -0.25) is 9.52 Å². The van der Waals surface area contributed by atoms with Gasteiger partial charge in [-0.25, -0.2) is 8.42 Å².